The van der Waals surface area contributed by atoms with E-state index in [1.54, 1.807) is 30.0 Å². The van der Waals surface area contributed by atoms with Crippen LogP contribution < -0.4 is 0 Å². The lowest BCUT2D eigenvalue weighted by Crippen LogP contribution is -2.07. The van der Waals surface area contributed by atoms with Gasteiger partial charge in [0.15, 0.2) is 0 Å². The molecule has 0 amide bonds. The third-order valence-electron chi connectivity index (χ3n) is 2.22. The van der Waals surface area contributed by atoms with Crippen LogP contribution in [0, 0.1) is 0 Å². The first kappa shape index (κ1) is 11.8. The Bertz CT molecular complexity index is 505. The van der Waals surface area contributed by atoms with Crippen molar-refractivity contribution in [3.8, 4) is 0 Å². The molecule has 0 aliphatic heterocycles. The van der Waals surface area contributed by atoms with Crippen LogP contribution in [0.2, 0.25) is 0 Å². The molecular formula is C11H13N3O2S. The summed E-state index contributed by atoms with van der Waals surface area (Å²) >= 11 is 1.66. The fourth-order valence-corrected chi connectivity index (χ4v) is 2.12. The number of thiophene rings is 1. The van der Waals surface area contributed by atoms with Crippen molar-refractivity contribution in [1.29, 1.82) is 0 Å². The number of nitrogens with zero attached hydrogens (tertiary/aromatic N) is 3. The van der Waals surface area contributed by atoms with E-state index in [2.05, 4.69) is 10.1 Å². The molecule has 0 aliphatic carbocycles. The van der Waals surface area contributed by atoms with E-state index in [1.807, 2.05) is 17.5 Å². The summed E-state index contributed by atoms with van der Waals surface area (Å²) < 4.78 is 6.47. The van der Waals surface area contributed by atoms with Crippen molar-refractivity contribution < 1.29 is 9.53 Å². The lowest BCUT2D eigenvalue weighted by Gasteiger charge is -1.95. The van der Waals surface area contributed by atoms with Gasteiger partial charge in [-0.05, 0) is 18.4 Å². The molecule has 0 saturated carbocycles. The van der Waals surface area contributed by atoms with Gasteiger partial charge in [0.2, 0.25) is 0 Å². The zero-order valence-corrected chi connectivity index (χ0v) is 10.5. The minimum Gasteiger partial charge on any atom is -0.460 e. The van der Waals surface area contributed by atoms with Gasteiger partial charge in [0.25, 0.3) is 5.82 Å². The second-order valence-electron chi connectivity index (χ2n) is 3.45. The molecule has 0 atom stereocenters. The Morgan fingerprint density at radius 2 is 2.41 bits per heavy atom. The van der Waals surface area contributed by atoms with Gasteiger partial charge in [-0.1, -0.05) is 6.07 Å². The van der Waals surface area contributed by atoms with Gasteiger partial charge in [0.1, 0.15) is 5.82 Å². The maximum atomic E-state index is 11.5. The summed E-state index contributed by atoms with van der Waals surface area (Å²) in [5, 5.41) is 6.06. The second-order valence-corrected chi connectivity index (χ2v) is 4.48. The van der Waals surface area contributed by atoms with E-state index in [4.69, 9.17) is 4.74 Å². The number of aromatic nitrogens is 3. The third-order valence-corrected chi connectivity index (χ3v) is 3.10. The second kappa shape index (κ2) is 5.09. The normalized spacial score (nSPS) is 10.5. The van der Waals surface area contributed by atoms with Gasteiger partial charge in [0.05, 0.1) is 6.61 Å². The first-order valence-corrected chi connectivity index (χ1v) is 6.18. The fourth-order valence-electron chi connectivity index (χ4n) is 1.42. The predicted molar refractivity (Wildman–Crippen MR) is 64.1 cm³/mol. The topological polar surface area (TPSA) is 57.0 Å². The van der Waals surface area contributed by atoms with Crippen LogP contribution in [-0.2, 0) is 18.2 Å². The molecule has 5 nitrogen and oxygen atoms in total. The van der Waals surface area contributed by atoms with Gasteiger partial charge in [-0.25, -0.2) is 9.78 Å². The molecule has 6 heteroatoms. The van der Waals surface area contributed by atoms with E-state index in [1.165, 1.54) is 4.88 Å². The Balaban J connectivity index is 2.16. The van der Waals surface area contributed by atoms with E-state index in [-0.39, 0.29) is 5.82 Å². The molecular weight excluding hydrogens is 238 g/mol. The minimum absolute atomic E-state index is 0.126. The summed E-state index contributed by atoms with van der Waals surface area (Å²) in [5.41, 5.74) is 0. The molecule has 0 saturated heterocycles. The van der Waals surface area contributed by atoms with Crippen molar-refractivity contribution in [2.24, 2.45) is 7.05 Å². The first-order chi connectivity index (χ1) is 8.20. The lowest BCUT2D eigenvalue weighted by molar-refractivity contribution is 0.0512. The monoisotopic (exact) mass is 251 g/mol. The first-order valence-electron chi connectivity index (χ1n) is 5.30. The summed E-state index contributed by atoms with van der Waals surface area (Å²) in [6, 6.07) is 4.02. The predicted octanol–water partition coefficient (Wildman–Crippen LogP) is 1.64. The molecule has 2 aromatic rings. The smallest absolute Gasteiger partial charge is 0.378 e. The SMILES string of the molecule is CCOC(=O)c1nc(Cc2cccs2)n(C)n1. The summed E-state index contributed by atoms with van der Waals surface area (Å²) in [7, 11) is 1.78. The number of esters is 1. The number of aryl methyl sites for hydroxylation is 1. The Morgan fingerprint density at radius 1 is 1.59 bits per heavy atom. The maximum Gasteiger partial charge on any atom is 0.378 e. The highest BCUT2D eigenvalue weighted by Crippen LogP contribution is 2.13. The Hall–Kier alpha value is -1.69. The van der Waals surface area contributed by atoms with Gasteiger partial charge < -0.3 is 4.74 Å². The number of hydrogen-bond acceptors (Lipinski definition) is 5. The van der Waals surface area contributed by atoms with Crippen LogP contribution in [0.15, 0.2) is 17.5 Å². The quantitative estimate of drug-likeness (QED) is 0.775. The van der Waals surface area contributed by atoms with Crippen LogP contribution in [-0.4, -0.2) is 27.3 Å². The molecule has 0 aliphatic rings. The van der Waals surface area contributed by atoms with Gasteiger partial charge >= 0.3 is 5.97 Å². The Labute approximate surface area is 103 Å². The number of rotatable bonds is 4. The van der Waals surface area contributed by atoms with Gasteiger partial charge in [-0.15, -0.1) is 16.4 Å². The molecule has 2 aromatic heterocycles. The average molecular weight is 251 g/mol. The number of carbonyl (C=O) groups excluding carboxylic acids is 1. The van der Waals surface area contributed by atoms with E-state index < -0.39 is 5.97 Å². The Morgan fingerprint density at radius 3 is 3.06 bits per heavy atom. The molecule has 0 bridgehead atoms. The summed E-state index contributed by atoms with van der Waals surface area (Å²) in [5.74, 6) is 0.414. The largest absolute Gasteiger partial charge is 0.460 e. The van der Waals surface area contributed by atoms with E-state index in [0.29, 0.717) is 13.0 Å². The molecule has 0 unspecified atom stereocenters. The van der Waals surface area contributed by atoms with Crippen LogP contribution >= 0.6 is 11.3 Å². The highest BCUT2D eigenvalue weighted by Gasteiger charge is 2.15. The van der Waals surface area contributed by atoms with Crippen LogP contribution in [0.4, 0.5) is 0 Å². The van der Waals surface area contributed by atoms with Gasteiger partial charge in [-0.2, -0.15) is 0 Å². The van der Waals surface area contributed by atoms with Crippen molar-refractivity contribution in [3.63, 3.8) is 0 Å². The van der Waals surface area contributed by atoms with Crippen molar-refractivity contribution >= 4 is 17.3 Å². The molecule has 90 valence electrons. The van der Waals surface area contributed by atoms with Crippen LogP contribution in [0.1, 0.15) is 28.2 Å². The molecule has 0 aromatic carbocycles. The van der Waals surface area contributed by atoms with E-state index in [9.17, 15) is 4.79 Å². The highest BCUT2D eigenvalue weighted by atomic mass is 32.1. The van der Waals surface area contributed by atoms with Crippen LogP contribution in [0.5, 0.6) is 0 Å². The van der Waals surface area contributed by atoms with Crippen molar-refractivity contribution in [2.45, 2.75) is 13.3 Å². The number of carbonyl (C=O) groups is 1. The van der Waals surface area contributed by atoms with Crippen LogP contribution in [0.25, 0.3) is 0 Å². The minimum atomic E-state index is -0.472. The summed E-state index contributed by atoms with van der Waals surface area (Å²) in [6.45, 7) is 2.09. The third kappa shape index (κ3) is 2.71. The maximum absolute atomic E-state index is 11.5. The van der Waals surface area contributed by atoms with Gasteiger partial charge in [-0.3, -0.25) is 4.68 Å². The molecule has 17 heavy (non-hydrogen) atoms. The summed E-state index contributed by atoms with van der Waals surface area (Å²) in [6.07, 6.45) is 0.681. The molecule has 2 heterocycles. The highest BCUT2D eigenvalue weighted by molar-refractivity contribution is 7.09. The van der Waals surface area contributed by atoms with Crippen molar-refractivity contribution in [2.75, 3.05) is 6.61 Å². The molecule has 0 N–H and O–H groups in total. The molecule has 2 rings (SSSR count). The fraction of sp³-hybridized carbons (Fsp3) is 0.364. The van der Waals surface area contributed by atoms with Crippen molar-refractivity contribution in [3.05, 3.63) is 34.0 Å². The molecule has 0 spiro atoms. The lowest BCUT2D eigenvalue weighted by atomic mass is 10.3. The van der Waals surface area contributed by atoms with Gasteiger partial charge in [0, 0.05) is 18.3 Å². The zero-order valence-electron chi connectivity index (χ0n) is 9.71. The van der Waals surface area contributed by atoms with Crippen LogP contribution in [0.3, 0.4) is 0 Å². The Kier molecular flexibility index (Phi) is 3.53. The van der Waals surface area contributed by atoms with E-state index in [0.717, 1.165) is 5.82 Å². The number of ether oxygens (including phenoxy) is 1. The summed E-state index contributed by atoms with van der Waals surface area (Å²) in [4.78, 5) is 16.8. The van der Waals surface area contributed by atoms with Crippen molar-refractivity contribution in [1.82, 2.24) is 14.8 Å². The molecule has 0 fully saturated rings. The van der Waals surface area contributed by atoms with E-state index >= 15 is 0 Å². The zero-order chi connectivity index (χ0) is 12.3. The average Bonchev–Trinajstić information content (AvgIpc) is 2.91. The standard InChI is InChI=1S/C11H13N3O2S/c1-3-16-11(15)10-12-9(14(2)13-10)7-8-5-4-6-17-8/h4-6H,3,7H2,1-2H3. The number of hydrogen-bond donors (Lipinski definition) is 0. The molecule has 0 radical (unpaired) electrons.